The molecule has 1 unspecified atom stereocenters. The van der Waals surface area contributed by atoms with Gasteiger partial charge < -0.3 is 10.4 Å². The fourth-order valence-electron chi connectivity index (χ4n) is 2.49. The Balaban J connectivity index is 1.94. The third-order valence-corrected chi connectivity index (χ3v) is 3.76. The van der Waals surface area contributed by atoms with Crippen LogP contribution in [-0.4, -0.2) is 17.7 Å². The second kappa shape index (κ2) is 5.19. The van der Waals surface area contributed by atoms with E-state index in [1.165, 1.54) is 31.2 Å². The summed E-state index contributed by atoms with van der Waals surface area (Å²) in [6, 6.07) is 8.75. The normalized spacial score (nSPS) is 20.4. The third-order valence-electron chi connectivity index (χ3n) is 3.76. The van der Waals surface area contributed by atoms with Gasteiger partial charge in [-0.05, 0) is 32.3 Å². The van der Waals surface area contributed by atoms with E-state index in [4.69, 9.17) is 0 Å². The van der Waals surface area contributed by atoms with Crippen molar-refractivity contribution >= 4 is 0 Å². The van der Waals surface area contributed by atoms with Crippen LogP contribution in [0.25, 0.3) is 0 Å². The smallest absolute Gasteiger partial charge is 0.0992 e. The van der Waals surface area contributed by atoms with E-state index < -0.39 is 5.60 Å². The quantitative estimate of drug-likeness (QED) is 0.838. The van der Waals surface area contributed by atoms with Crippen molar-refractivity contribution in [3.8, 4) is 0 Å². The van der Waals surface area contributed by atoms with Gasteiger partial charge in [0.15, 0.2) is 0 Å². The van der Waals surface area contributed by atoms with Crippen LogP contribution in [-0.2, 0) is 5.60 Å². The predicted molar refractivity (Wildman–Crippen MR) is 71.0 cm³/mol. The summed E-state index contributed by atoms with van der Waals surface area (Å²) in [6.45, 7) is 4.59. The number of hydrogen-bond acceptors (Lipinski definition) is 2. The minimum Gasteiger partial charge on any atom is -0.384 e. The Morgan fingerprint density at radius 1 is 1.24 bits per heavy atom. The van der Waals surface area contributed by atoms with Crippen LogP contribution in [0.2, 0.25) is 0 Å². The lowest BCUT2D eigenvalue weighted by Gasteiger charge is -2.26. The summed E-state index contributed by atoms with van der Waals surface area (Å²) in [6.07, 6.45) is 5.16. The summed E-state index contributed by atoms with van der Waals surface area (Å²) in [5.74, 6) is 0. The van der Waals surface area contributed by atoms with Crippen LogP contribution in [0.4, 0.5) is 0 Å². The molecule has 1 aliphatic rings. The minimum absolute atomic E-state index is 0.604. The van der Waals surface area contributed by atoms with E-state index in [9.17, 15) is 5.11 Å². The Hall–Kier alpha value is -0.860. The summed E-state index contributed by atoms with van der Waals surface area (Å²) < 4.78 is 0. The molecule has 0 amide bonds. The van der Waals surface area contributed by atoms with E-state index in [0.29, 0.717) is 12.6 Å². The van der Waals surface area contributed by atoms with E-state index >= 15 is 0 Å². The van der Waals surface area contributed by atoms with Crippen molar-refractivity contribution in [3.63, 3.8) is 0 Å². The molecule has 0 saturated heterocycles. The molecular weight excluding hydrogens is 210 g/mol. The van der Waals surface area contributed by atoms with Crippen LogP contribution >= 0.6 is 0 Å². The zero-order valence-electron chi connectivity index (χ0n) is 10.9. The molecule has 0 heterocycles. The molecule has 1 saturated carbocycles. The highest BCUT2D eigenvalue weighted by atomic mass is 16.3. The van der Waals surface area contributed by atoms with Crippen molar-refractivity contribution in [2.45, 2.75) is 51.2 Å². The SMILES string of the molecule is Cc1ccc(C(C)(O)CNC2CCCC2)cc1. The molecule has 1 aromatic rings. The highest BCUT2D eigenvalue weighted by molar-refractivity contribution is 5.26. The minimum atomic E-state index is -0.768. The molecule has 1 aliphatic carbocycles. The molecule has 2 heteroatoms. The molecule has 0 spiro atoms. The van der Waals surface area contributed by atoms with Crippen molar-refractivity contribution < 1.29 is 5.11 Å². The van der Waals surface area contributed by atoms with Gasteiger partial charge in [-0.3, -0.25) is 0 Å². The highest BCUT2D eigenvalue weighted by Gasteiger charge is 2.25. The van der Waals surface area contributed by atoms with Crippen LogP contribution in [0.3, 0.4) is 0 Å². The number of hydrogen-bond donors (Lipinski definition) is 2. The van der Waals surface area contributed by atoms with Gasteiger partial charge >= 0.3 is 0 Å². The van der Waals surface area contributed by atoms with Gasteiger partial charge in [-0.2, -0.15) is 0 Å². The topological polar surface area (TPSA) is 32.3 Å². The van der Waals surface area contributed by atoms with Gasteiger partial charge in [0.05, 0.1) is 5.60 Å². The lowest BCUT2D eigenvalue weighted by atomic mass is 9.95. The van der Waals surface area contributed by atoms with Crippen LogP contribution in [0.1, 0.15) is 43.7 Å². The van der Waals surface area contributed by atoms with E-state index in [2.05, 4.69) is 24.4 Å². The molecule has 94 valence electrons. The Bertz CT molecular complexity index is 350. The van der Waals surface area contributed by atoms with E-state index in [-0.39, 0.29) is 0 Å². The van der Waals surface area contributed by atoms with Gasteiger partial charge in [0.2, 0.25) is 0 Å². The Morgan fingerprint density at radius 3 is 2.41 bits per heavy atom. The second-order valence-corrected chi connectivity index (χ2v) is 5.50. The first-order chi connectivity index (χ1) is 8.08. The number of aryl methyl sites for hydroxylation is 1. The second-order valence-electron chi connectivity index (χ2n) is 5.50. The maximum atomic E-state index is 10.5. The molecule has 2 nitrogen and oxygen atoms in total. The fourth-order valence-corrected chi connectivity index (χ4v) is 2.49. The average molecular weight is 233 g/mol. The molecule has 2 N–H and O–H groups in total. The number of aliphatic hydroxyl groups is 1. The van der Waals surface area contributed by atoms with Crippen LogP contribution in [0.15, 0.2) is 24.3 Å². The molecule has 0 radical (unpaired) electrons. The zero-order chi connectivity index (χ0) is 12.3. The number of rotatable bonds is 4. The summed E-state index contributed by atoms with van der Waals surface area (Å²) in [5.41, 5.74) is 1.46. The van der Waals surface area contributed by atoms with E-state index in [0.717, 1.165) is 5.56 Å². The molecule has 0 aliphatic heterocycles. The lowest BCUT2D eigenvalue weighted by molar-refractivity contribution is 0.0540. The van der Waals surface area contributed by atoms with Crippen molar-refractivity contribution in [2.75, 3.05) is 6.54 Å². The summed E-state index contributed by atoms with van der Waals surface area (Å²) >= 11 is 0. The van der Waals surface area contributed by atoms with Gasteiger partial charge in [-0.15, -0.1) is 0 Å². The first-order valence-corrected chi connectivity index (χ1v) is 6.61. The molecule has 2 rings (SSSR count). The molecule has 1 fully saturated rings. The van der Waals surface area contributed by atoms with E-state index in [1.807, 2.05) is 19.1 Å². The van der Waals surface area contributed by atoms with Crippen molar-refractivity contribution in [1.82, 2.24) is 5.32 Å². The molecule has 1 atom stereocenters. The van der Waals surface area contributed by atoms with Crippen molar-refractivity contribution in [2.24, 2.45) is 0 Å². The number of nitrogens with one attached hydrogen (secondary N) is 1. The fraction of sp³-hybridized carbons (Fsp3) is 0.600. The maximum Gasteiger partial charge on any atom is 0.0992 e. The Morgan fingerprint density at radius 2 is 1.82 bits per heavy atom. The van der Waals surface area contributed by atoms with E-state index in [1.54, 1.807) is 0 Å². The van der Waals surface area contributed by atoms with Crippen LogP contribution < -0.4 is 5.32 Å². The molecule has 1 aromatic carbocycles. The lowest BCUT2D eigenvalue weighted by Crippen LogP contribution is -2.39. The Kier molecular flexibility index (Phi) is 3.85. The Labute approximate surface area is 104 Å². The summed E-state index contributed by atoms with van der Waals surface area (Å²) in [5, 5.41) is 14.0. The first-order valence-electron chi connectivity index (χ1n) is 6.61. The molecule has 17 heavy (non-hydrogen) atoms. The van der Waals surface area contributed by atoms with Crippen molar-refractivity contribution in [3.05, 3.63) is 35.4 Å². The highest BCUT2D eigenvalue weighted by Crippen LogP contribution is 2.22. The summed E-state index contributed by atoms with van der Waals surface area (Å²) in [4.78, 5) is 0. The predicted octanol–water partition coefficient (Wildman–Crippen LogP) is 2.73. The van der Waals surface area contributed by atoms with Gasteiger partial charge in [-0.1, -0.05) is 42.7 Å². The maximum absolute atomic E-state index is 10.5. The zero-order valence-corrected chi connectivity index (χ0v) is 10.9. The standard InChI is InChI=1S/C15H23NO/c1-12-7-9-13(10-8-12)15(2,17)11-16-14-5-3-4-6-14/h7-10,14,16-17H,3-6,11H2,1-2H3. The average Bonchev–Trinajstić information content (AvgIpc) is 2.80. The largest absolute Gasteiger partial charge is 0.384 e. The summed E-state index contributed by atoms with van der Waals surface area (Å²) in [7, 11) is 0. The molecule has 0 bridgehead atoms. The number of benzene rings is 1. The van der Waals surface area contributed by atoms with Gasteiger partial charge in [-0.25, -0.2) is 0 Å². The molecular formula is C15H23NO. The van der Waals surface area contributed by atoms with Gasteiger partial charge in [0.25, 0.3) is 0 Å². The first kappa shape index (κ1) is 12.6. The monoisotopic (exact) mass is 233 g/mol. The van der Waals surface area contributed by atoms with Crippen LogP contribution in [0, 0.1) is 6.92 Å². The molecule has 0 aromatic heterocycles. The third kappa shape index (κ3) is 3.30. The van der Waals surface area contributed by atoms with Gasteiger partial charge in [0.1, 0.15) is 0 Å². The van der Waals surface area contributed by atoms with Crippen molar-refractivity contribution in [1.29, 1.82) is 0 Å². The van der Waals surface area contributed by atoms with Crippen LogP contribution in [0.5, 0.6) is 0 Å². The van der Waals surface area contributed by atoms with Gasteiger partial charge in [0, 0.05) is 12.6 Å².